The van der Waals surface area contributed by atoms with Gasteiger partial charge in [0.25, 0.3) is 0 Å². The maximum absolute atomic E-state index is 11.9. The fourth-order valence-corrected chi connectivity index (χ4v) is 3.56. The van der Waals surface area contributed by atoms with Crippen molar-refractivity contribution in [2.45, 2.75) is 23.6 Å². The van der Waals surface area contributed by atoms with Crippen molar-refractivity contribution in [1.82, 2.24) is 0 Å². The zero-order valence-electron chi connectivity index (χ0n) is 9.10. The number of hydrogen-bond acceptors (Lipinski definition) is 3. The van der Waals surface area contributed by atoms with E-state index in [0.29, 0.717) is 0 Å². The molecule has 3 nitrogen and oxygen atoms in total. The van der Waals surface area contributed by atoms with Gasteiger partial charge < -0.3 is 0 Å². The van der Waals surface area contributed by atoms with Crippen molar-refractivity contribution < 1.29 is 13.2 Å². The summed E-state index contributed by atoms with van der Waals surface area (Å²) in [5.74, 6) is -0.388. The number of aryl methyl sites for hydroxylation is 1. The van der Waals surface area contributed by atoms with E-state index < -0.39 is 14.7 Å². The van der Waals surface area contributed by atoms with Crippen LogP contribution in [0.4, 0.5) is 0 Å². The van der Waals surface area contributed by atoms with E-state index in [1.807, 2.05) is 6.92 Å². The molecule has 0 radical (unpaired) electrons. The summed E-state index contributed by atoms with van der Waals surface area (Å²) in [6.07, 6.45) is 0. The van der Waals surface area contributed by atoms with Crippen molar-refractivity contribution >= 4 is 31.6 Å². The molecule has 0 heterocycles. The van der Waals surface area contributed by atoms with Crippen LogP contribution in [0.2, 0.25) is 0 Å². The Morgan fingerprint density at radius 2 is 1.81 bits per heavy atom. The van der Waals surface area contributed by atoms with Crippen LogP contribution < -0.4 is 0 Å². The van der Waals surface area contributed by atoms with Gasteiger partial charge >= 0.3 is 0 Å². The lowest BCUT2D eigenvalue weighted by Crippen LogP contribution is -2.22. The monoisotopic (exact) mass is 304 g/mol. The average molecular weight is 305 g/mol. The van der Waals surface area contributed by atoms with Crippen LogP contribution in [0, 0.1) is 6.92 Å². The molecule has 0 aromatic heterocycles. The number of sulfone groups is 1. The molecule has 0 saturated heterocycles. The largest absolute Gasteiger partial charge is 0.299 e. The minimum atomic E-state index is -3.39. The van der Waals surface area contributed by atoms with Crippen molar-refractivity contribution in [1.29, 1.82) is 0 Å². The summed E-state index contributed by atoms with van der Waals surface area (Å²) in [4.78, 5) is 10.6. The number of ketones is 1. The molecule has 0 fully saturated rings. The molecular weight excluding hydrogens is 292 g/mol. The second-order valence-electron chi connectivity index (χ2n) is 3.67. The SMILES string of the molecule is CC(=O)C(Br)CS(=O)(=O)c1ccc(C)cc1. The van der Waals surface area contributed by atoms with Crippen molar-refractivity contribution in [3.63, 3.8) is 0 Å². The number of hydrogen-bond donors (Lipinski definition) is 0. The van der Waals surface area contributed by atoms with Gasteiger partial charge in [0.2, 0.25) is 0 Å². The molecule has 0 spiro atoms. The summed E-state index contributed by atoms with van der Waals surface area (Å²) < 4.78 is 23.8. The number of Topliss-reactive ketones (excluding diaryl/α,β-unsaturated/α-hetero) is 1. The minimum absolute atomic E-state index is 0.185. The number of carbonyl (C=O) groups is 1. The molecule has 0 amide bonds. The highest BCUT2D eigenvalue weighted by Gasteiger charge is 2.21. The number of halogens is 1. The summed E-state index contributed by atoms with van der Waals surface area (Å²) in [7, 11) is -3.39. The van der Waals surface area contributed by atoms with Gasteiger partial charge in [0.15, 0.2) is 9.84 Å². The summed E-state index contributed by atoms with van der Waals surface area (Å²) in [6.45, 7) is 3.25. The topological polar surface area (TPSA) is 51.2 Å². The van der Waals surface area contributed by atoms with Crippen LogP contribution in [-0.4, -0.2) is 24.8 Å². The molecule has 0 bridgehead atoms. The quantitative estimate of drug-likeness (QED) is 0.801. The van der Waals surface area contributed by atoms with E-state index in [4.69, 9.17) is 0 Å². The minimum Gasteiger partial charge on any atom is -0.299 e. The van der Waals surface area contributed by atoms with Crippen LogP contribution >= 0.6 is 15.9 Å². The first-order chi connectivity index (χ1) is 7.33. The van der Waals surface area contributed by atoms with Crippen LogP contribution in [-0.2, 0) is 14.6 Å². The number of rotatable bonds is 4. The Kier molecular flexibility index (Phi) is 4.27. The fourth-order valence-electron chi connectivity index (χ4n) is 1.15. The molecule has 1 unspecified atom stereocenters. The van der Waals surface area contributed by atoms with Crippen LogP contribution in [0.1, 0.15) is 12.5 Å². The Hall–Kier alpha value is -0.680. The maximum Gasteiger partial charge on any atom is 0.179 e. The van der Waals surface area contributed by atoms with E-state index in [9.17, 15) is 13.2 Å². The summed E-state index contributed by atoms with van der Waals surface area (Å²) in [6, 6.07) is 6.60. The van der Waals surface area contributed by atoms with Gasteiger partial charge in [0, 0.05) is 0 Å². The van der Waals surface area contributed by atoms with E-state index >= 15 is 0 Å². The molecule has 1 rings (SSSR count). The van der Waals surface area contributed by atoms with Gasteiger partial charge in [-0.15, -0.1) is 0 Å². The first-order valence-corrected chi connectivity index (χ1v) is 7.33. The fraction of sp³-hybridized carbons (Fsp3) is 0.364. The molecule has 16 heavy (non-hydrogen) atoms. The van der Waals surface area contributed by atoms with E-state index in [-0.39, 0.29) is 16.4 Å². The average Bonchev–Trinajstić information content (AvgIpc) is 2.17. The molecule has 5 heteroatoms. The first kappa shape index (κ1) is 13.4. The molecule has 0 aliphatic heterocycles. The van der Waals surface area contributed by atoms with E-state index in [0.717, 1.165) is 5.56 Å². The molecule has 88 valence electrons. The summed E-state index contributed by atoms with van der Waals surface area (Å²) in [5, 5.41) is 0. The Balaban J connectivity index is 2.94. The highest BCUT2D eigenvalue weighted by Crippen LogP contribution is 2.16. The van der Waals surface area contributed by atoms with Crippen LogP contribution in [0.15, 0.2) is 29.2 Å². The van der Waals surface area contributed by atoms with Gasteiger partial charge in [0.05, 0.1) is 15.5 Å². The third kappa shape index (κ3) is 3.42. The van der Waals surface area contributed by atoms with E-state index in [1.165, 1.54) is 6.92 Å². The molecule has 0 N–H and O–H groups in total. The molecule has 1 atom stereocenters. The number of benzene rings is 1. The lowest BCUT2D eigenvalue weighted by atomic mass is 10.2. The first-order valence-electron chi connectivity index (χ1n) is 4.77. The van der Waals surface area contributed by atoms with Crippen LogP contribution in [0.25, 0.3) is 0 Å². The van der Waals surface area contributed by atoms with Gasteiger partial charge in [-0.2, -0.15) is 0 Å². The molecule has 0 aliphatic carbocycles. The molecule has 1 aromatic rings. The van der Waals surface area contributed by atoms with Crippen molar-refractivity contribution in [2.24, 2.45) is 0 Å². The second-order valence-corrected chi connectivity index (χ2v) is 6.81. The summed E-state index contributed by atoms with van der Waals surface area (Å²) in [5.41, 5.74) is 1.00. The van der Waals surface area contributed by atoms with Crippen LogP contribution in [0.5, 0.6) is 0 Å². The van der Waals surface area contributed by atoms with Crippen molar-refractivity contribution in [2.75, 3.05) is 5.75 Å². The Morgan fingerprint density at radius 1 is 1.31 bits per heavy atom. The van der Waals surface area contributed by atoms with Crippen molar-refractivity contribution in [3.8, 4) is 0 Å². The predicted octanol–water partition coefficient (Wildman–Crippen LogP) is 2.12. The third-order valence-corrected chi connectivity index (χ3v) is 5.35. The van der Waals surface area contributed by atoms with Gasteiger partial charge in [0.1, 0.15) is 5.78 Å². The molecule has 0 aliphatic rings. The zero-order valence-corrected chi connectivity index (χ0v) is 11.5. The lowest BCUT2D eigenvalue weighted by molar-refractivity contribution is -0.116. The molecule has 1 aromatic carbocycles. The Bertz CT molecular complexity index is 476. The third-order valence-electron chi connectivity index (χ3n) is 2.19. The predicted molar refractivity (Wildman–Crippen MR) is 66.6 cm³/mol. The zero-order chi connectivity index (χ0) is 12.3. The van der Waals surface area contributed by atoms with Crippen LogP contribution in [0.3, 0.4) is 0 Å². The van der Waals surface area contributed by atoms with Gasteiger partial charge in [-0.25, -0.2) is 8.42 Å². The van der Waals surface area contributed by atoms with Crippen molar-refractivity contribution in [3.05, 3.63) is 29.8 Å². The standard InChI is InChI=1S/C11H13BrO3S/c1-8-3-5-10(6-4-8)16(14,15)7-11(12)9(2)13/h3-6,11H,7H2,1-2H3. The van der Waals surface area contributed by atoms with Gasteiger partial charge in [-0.3, -0.25) is 4.79 Å². The Morgan fingerprint density at radius 3 is 2.25 bits per heavy atom. The smallest absolute Gasteiger partial charge is 0.179 e. The highest BCUT2D eigenvalue weighted by molar-refractivity contribution is 9.10. The van der Waals surface area contributed by atoms with Gasteiger partial charge in [-0.1, -0.05) is 33.6 Å². The molecular formula is C11H13BrO3S. The normalized spacial score (nSPS) is 13.4. The van der Waals surface area contributed by atoms with Gasteiger partial charge in [-0.05, 0) is 26.0 Å². The summed E-state index contributed by atoms with van der Waals surface area (Å²) >= 11 is 3.06. The lowest BCUT2D eigenvalue weighted by Gasteiger charge is -2.07. The van der Waals surface area contributed by atoms with E-state index in [1.54, 1.807) is 24.3 Å². The molecule has 0 saturated carbocycles. The highest BCUT2D eigenvalue weighted by atomic mass is 79.9. The number of carbonyl (C=O) groups excluding carboxylic acids is 1. The maximum atomic E-state index is 11.9. The second kappa shape index (κ2) is 5.10. The number of alkyl halides is 1. The van der Waals surface area contributed by atoms with E-state index in [2.05, 4.69) is 15.9 Å². The Labute approximate surface area is 104 Å².